The Hall–Kier alpha value is -0.318. The van der Waals surface area contributed by atoms with Gasteiger partial charge in [-0.05, 0) is 0 Å². The molecule has 2 heteroatoms. The summed E-state index contributed by atoms with van der Waals surface area (Å²) >= 11 is 1.22. The molecular formula is C9H14AlF. The van der Waals surface area contributed by atoms with Gasteiger partial charge in [-0.15, -0.1) is 0 Å². The fourth-order valence-electron chi connectivity index (χ4n) is 0.938. The summed E-state index contributed by atoms with van der Waals surface area (Å²) in [6.07, 6.45) is 0. The molecule has 1 rings (SSSR count). The first-order valence-electron chi connectivity index (χ1n) is 3.66. The van der Waals surface area contributed by atoms with Gasteiger partial charge in [-0.3, -0.25) is 4.70 Å². The first-order valence-corrected chi connectivity index (χ1v) is 4.66. The van der Waals surface area contributed by atoms with E-state index in [1.54, 1.807) is 0 Å². The molecule has 0 spiro atoms. The maximum atomic E-state index is 2.29. The van der Waals surface area contributed by atoms with E-state index < -0.39 is 0 Å². The number of hydrogen-bond acceptors (Lipinski definition) is 0. The predicted molar refractivity (Wildman–Crippen MR) is 50.5 cm³/mol. The summed E-state index contributed by atoms with van der Waals surface area (Å²) in [6.45, 7) is 4.57. The second-order valence-electron chi connectivity index (χ2n) is 3.62. The lowest BCUT2D eigenvalue weighted by Gasteiger charge is -2.18. The molecule has 0 aliphatic rings. The van der Waals surface area contributed by atoms with Gasteiger partial charge in [0.05, 0.1) is 0 Å². The summed E-state index contributed by atoms with van der Waals surface area (Å²) in [7, 11) is 0. The third-order valence-corrected chi connectivity index (χ3v) is 2.22. The highest BCUT2D eigenvalue weighted by Crippen LogP contribution is 2.17. The average Bonchev–Trinajstić information content (AvgIpc) is 1.88. The van der Waals surface area contributed by atoms with Crippen molar-refractivity contribution in [3.63, 3.8) is 0 Å². The van der Waals surface area contributed by atoms with E-state index in [4.69, 9.17) is 0 Å². The van der Waals surface area contributed by atoms with Crippen LogP contribution in [0.15, 0.2) is 30.3 Å². The largest absolute Gasteiger partial charge is 0.269 e. The highest BCUT2D eigenvalue weighted by Gasteiger charge is 2.11. The average molecular weight is 168 g/mol. The normalized spacial score (nSPS) is 10.4. The van der Waals surface area contributed by atoms with Gasteiger partial charge in [0.1, 0.15) is 0 Å². The van der Waals surface area contributed by atoms with Crippen LogP contribution in [0.4, 0.5) is 4.70 Å². The second-order valence-corrected chi connectivity index (χ2v) is 6.12. The quantitative estimate of drug-likeness (QED) is 0.560. The molecule has 0 amide bonds. The topological polar surface area (TPSA) is 0 Å². The Morgan fingerprint density at radius 1 is 1.09 bits per heavy atom. The summed E-state index contributed by atoms with van der Waals surface area (Å²) in [5.41, 5.74) is 1.46. The Labute approximate surface area is 75.4 Å². The van der Waals surface area contributed by atoms with Crippen molar-refractivity contribution in [2.45, 2.75) is 18.1 Å². The van der Waals surface area contributed by atoms with Gasteiger partial charge in [-0.25, -0.2) is 0 Å². The van der Waals surface area contributed by atoms with E-state index in [2.05, 4.69) is 44.2 Å². The Balaban J connectivity index is 0.000001000. The fourth-order valence-corrected chi connectivity index (χ4v) is 1.27. The maximum absolute atomic E-state index is 2.29. The minimum absolute atomic E-state index is 0. The van der Waals surface area contributed by atoms with Crippen molar-refractivity contribution in [3.05, 3.63) is 35.9 Å². The molecule has 11 heavy (non-hydrogen) atoms. The minimum atomic E-state index is 0. The van der Waals surface area contributed by atoms with Crippen LogP contribution in [-0.2, 0) is 4.28 Å². The van der Waals surface area contributed by atoms with E-state index in [1.807, 2.05) is 0 Å². The van der Waals surface area contributed by atoms with Crippen molar-refractivity contribution in [2.75, 3.05) is 0 Å². The first kappa shape index (κ1) is 10.7. The molecule has 1 aromatic rings. The highest BCUT2D eigenvalue weighted by molar-refractivity contribution is 6.15. The van der Waals surface area contributed by atoms with Crippen LogP contribution in [0.1, 0.15) is 19.4 Å². The molecule has 0 saturated carbocycles. The summed E-state index contributed by atoms with van der Waals surface area (Å²) in [6, 6.07) is 10.7. The van der Waals surface area contributed by atoms with Crippen molar-refractivity contribution in [1.29, 1.82) is 0 Å². The molecule has 0 unspecified atom stereocenters. The zero-order valence-electron chi connectivity index (χ0n) is 7.29. The lowest BCUT2D eigenvalue weighted by Crippen LogP contribution is -2.15. The van der Waals surface area contributed by atoms with Crippen LogP contribution in [-0.4, -0.2) is 16.3 Å². The lowest BCUT2D eigenvalue weighted by atomic mass is 10.0. The third-order valence-electron chi connectivity index (χ3n) is 1.64. The van der Waals surface area contributed by atoms with Gasteiger partial charge in [0.25, 0.3) is 0 Å². The van der Waals surface area contributed by atoms with Crippen molar-refractivity contribution < 1.29 is 4.70 Å². The molecule has 0 saturated heterocycles. The molecule has 0 heterocycles. The monoisotopic (exact) mass is 168 g/mol. The molecule has 0 aromatic heterocycles. The van der Waals surface area contributed by atoms with Crippen LogP contribution in [0.3, 0.4) is 0 Å². The summed E-state index contributed by atoms with van der Waals surface area (Å²) in [4.78, 5) is 0. The van der Waals surface area contributed by atoms with Crippen LogP contribution >= 0.6 is 0 Å². The molecule has 60 valence electrons. The molecule has 0 bridgehead atoms. The minimum Gasteiger partial charge on any atom is -0.269 e. The zero-order valence-corrected chi connectivity index (χ0v) is 9.29. The molecule has 1 aromatic carbocycles. The lowest BCUT2D eigenvalue weighted by molar-refractivity contribution is 0.764. The van der Waals surface area contributed by atoms with Crippen LogP contribution in [0.2, 0.25) is 0 Å². The van der Waals surface area contributed by atoms with Gasteiger partial charge >= 0.3 is 0 Å². The van der Waals surface area contributed by atoms with Crippen LogP contribution < -0.4 is 0 Å². The van der Waals surface area contributed by atoms with Crippen LogP contribution in [0.25, 0.3) is 0 Å². The predicted octanol–water partition coefficient (Wildman–Crippen LogP) is 1.71. The van der Waals surface area contributed by atoms with Gasteiger partial charge < -0.3 is 0 Å². The van der Waals surface area contributed by atoms with E-state index in [0.29, 0.717) is 4.28 Å². The van der Waals surface area contributed by atoms with E-state index in [9.17, 15) is 0 Å². The van der Waals surface area contributed by atoms with Gasteiger partial charge in [-0.1, -0.05) is 54.0 Å². The summed E-state index contributed by atoms with van der Waals surface area (Å²) in [5, 5.41) is 0. The van der Waals surface area contributed by atoms with Crippen molar-refractivity contribution in [3.8, 4) is 0 Å². The number of benzene rings is 1. The first-order chi connectivity index (χ1) is 4.61. The maximum Gasteiger partial charge on any atom is 0.227 e. The smallest absolute Gasteiger partial charge is 0.227 e. The third kappa shape index (κ3) is 3.05. The Kier molecular flexibility index (Phi) is 3.79. The van der Waals surface area contributed by atoms with Crippen molar-refractivity contribution >= 4 is 16.3 Å². The van der Waals surface area contributed by atoms with E-state index >= 15 is 0 Å². The second kappa shape index (κ2) is 3.90. The summed E-state index contributed by atoms with van der Waals surface area (Å²) < 4.78 is 0.432. The van der Waals surface area contributed by atoms with Gasteiger partial charge in [0.2, 0.25) is 16.3 Å². The molecule has 0 fully saturated rings. The standard InChI is InChI=1S/C9H11.Al.FH.2H/c1-8(2)9-6-4-3-5-7-9;;;;/h3-7H,1-2H3;;1H;;. The molecule has 0 aliphatic heterocycles. The molecule has 0 radical (unpaired) electrons. The van der Waals surface area contributed by atoms with E-state index in [-0.39, 0.29) is 4.70 Å². The molecule has 0 nitrogen and oxygen atoms in total. The van der Waals surface area contributed by atoms with Crippen LogP contribution in [0, 0.1) is 0 Å². The van der Waals surface area contributed by atoms with Gasteiger partial charge in [0, 0.05) is 0 Å². The van der Waals surface area contributed by atoms with E-state index in [1.165, 1.54) is 21.9 Å². The van der Waals surface area contributed by atoms with E-state index in [0.717, 1.165) is 0 Å². The fraction of sp³-hybridized carbons (Fsp3) is 0.333. The Morgan fingerprint density at radius 3 is 1.82 bits per heavy atom. The molecule has 0 aliphatic carbocycles. The number of halogens is 1. The van der Waals surface area contributed by atoms with Crippen molar-refractivity contribution in [2.24, 2.45) is 0 Å². The van der Waals surface area contributed by atoms with Gasteiger partial charge in [0.15, 0.2) is 0 Å². The zero-order chi connectivity index (χ0) is 7.61. The summed E-state index contributed by atoms with van der Waals surface area (Å²) in [5.74, 6) is 0. The molecule has 0 atom stereocenters. The SMILES string of the molecule is C[C](C)([AlH2])c1ccccc1.F. The van der Waals surface area contributed by atoms with Gasteiger partial charge in [-0.2, -0.15) is 0 Å². The Bertz CT molecular complexity index is 201. The number of rotatable bonds is 1. The molecule has 0 N–H and O–H groups in total. The van der Waals surface area contributed by atoms with Crippen LogP contribution in [0.5, 0.6) is 0 Å². The Morgan fingerprint density at radius 2 is 1.55 bits per heavy atom. The highest BCUT2D eigenvalue weighted by atomic mass is 27.0. The number of hydrogen-bond donors (Lipinski definition) is 0. The van der Waals surface area contributed by atoms with Crippen molar-refractivity contribution in [1.82, 2.24) is 0 Å². The molecular weight excluding hydrogens is 154 g/mol.